The summed E-state index contributed by atoms with van der Waals surface area (Å²) in [4.78, 5) is 34.6. The topological polar surface area (TPSA) is 98.0 Å². The molecule has 1 aromatic rings. The van der Waals surface area contributed by atoms with E-state index in [-0.39, 0.29) is 18.1 Å². The largest absolute Gasteiger partial charge is 0.364 e. The second kappa shape index (κ2) is 5.25. The second-order valence-electron chi connectivity index (χ2n) is 4.64. The van der Waals surface area contributed by atoms with Crippen molar-refractivity contribution in [3.63, 3.8) is 0 Å². The molecule has 0 unspecified atom stereocenters. The summed E-state index contributed by atoms with van der Waals surface area (Å²) in [5, 5.41) is 9.46. The van der Waals surface area contributed by atoms with E-state index >= 15 is 0 Å². The molecule has 1 heterocycles. The molecule has 1 aliphatic carbocycles. The van der Waals surface area contributed by atoms with E-state index in [0.717, 1.165) is 22.1 Å². The Morgan fingerprint density at radius 3 is 2.68 bits per heavy atom. The lowest BCUT2D eigenvalue weighted by Crippen LogP contribution is -2.40. The van der Waals surface area contributed by atoms with Crippen LogP contribution in [0.25, 0.3) is 0 Å². The van der Waals surface area contributed by atoms with Gasteiger partial charge in [-0.15, -0.1) is 5.10 Å². The quantitative estimate of drug-likeness (QED) is 0.681. The first-order valence-electron chi connectivity index (χ1n) is 6.16. The summed E-state index contributed by atoms with van der Waals surface area (Å²) >= 11 is 0. The number of anilines is 1. The first-order valence-corrected chi connectivity index (χ1v) is 6.16. The predicted octanol–water partition coefficient (Wildman–Crippen LogP) is -1.44. The van der Waals surface area contributed by atoms with Gasteiger partial charge in [-0.1, -0.05) is 0 Å². The highest BCUT2D eigenvalue weighted by Gasteiger charge is 2.22. The normalized spacial score (nSPS) is 14.2. The highest BCUT2D eigenvalue weighted by molar-refractivity contribution is 5.77. The number of hydrogen-bond acceptors (Lipinski definition) is 5. The summed E-state index contributed by atoms with van der Waals surface area (Å²) in [5.74, 6) is 0.0282. The van der Waals surface area contributed by atoms with Crippen molar-refractivity contribution in [2.24, 2.45) is 14.1 Å². The van der Waals surface area contributed by atoms with Crippen LogP contribution in [0.1, 0.15) is 19.3 Å². The minimum absolute atomic E-state index is 0.0448. The first kappa shape index (κ1) is 13.3. The van der Waals surface area contributed by atoms with Crippen molar-refractivity contribution in [2.75, 3.05) is 11.9 Å². The lowest BCUT2D eigenvalue weighted by Gasteiger charge is -2.08. The van der Waals surface area contributed by atoms with Crippen molar-refractivity contribution >= 4 is 11.7 Å². The van der Waals surface area contributed by atoms with Crippen molar-refractivity contribution in [1.29, 1.82) is 0 Å². The van der Waals surface area contributed by atoms with Crippen LogP contribution in [0.15, 0.2) is 9.59 Å². The zero-order valence-corrected chi connectivity index (χ0v) is 11.0. The molecule has 0 aromatic carbocycles. The van der Waals surface area contributed by atoms with Crippen molar-refractivity contribution in [3.05, 3.63) is 20.8 Å². The van der Waals surface area contributed by atoms with Gasteiger partial charge in [0.15, 0.2) is 0 Å². The molecule has 8 heteroatoms. The molecule has 0 saturated heterocycles. The maximum absolute atomic E-state index is 11.7. The zero-order chi connectivity index (χ0) is 14.0. The van der Waals surface area contributed by atoms with Crippen molar-refractivity contribution < 1.29 is 4.79 Å². The predicted molar refractivity (Wildman–Crippen MR) is 69.0 cm³/mol. The first-order chi connectivity index (χ1) is 8.99. The lowest BCUT2D eigenvalue weighted by molar-refractivity contribution is -0.120. The number of aryl methyl sites for hydroxylation is 1. The molecule has 1 saturated carbocycles. The van der Waals surface area contributed by atoms with Gasteiger partial charge in [0.2, 0.25) is 11.7 Å². The van der Waals surface area contributed by atoms with E-state index in [1.54, 1.807) is 0 Å². The highest BCUT2D eigenvalue weighted by atomic mass is 16.2. The van der Waals surface area contributed by atoms with Gasteiger partial charge in [0.05, 0.1) is 0 Å². The molecular weight excluding hydrogens is 250 g/mol. The fourth-order valence-electron chi connectivity index (χ4n) is 1.63. The smallest absolute Gasteiger partial charge is 0.346 e. The minimum atomic E-state index is -0.495. The van der Waals surface area contributed by atoms with Crippen LogP contribution in [0.5, 0.6) is 0 Å². The fraction of sp³-hybridized carbons (Fsp3) is 0.636. The van der Waals surface area contributed by atoms with Crippen LogP contribution in [0.2, 0.25) is 0 Å². The van der Waals surface area contributed by atoms with Crippen molar-refractivity contribution in [1.82, 2.24) is 19.7 Å². The zero-order valence-electron chi connectivity index (χ0n) is 11.0. The maximum Gasteiger partial charge on any atom is 0.346 e. The Morgan fingerprint density at radius 2 is 2.05 bits per heavy atom. The Kier molecular flexibility index (Phi) is 3.68. The molecule has 19 heavy (non-hydrogen) atoms. The van der Waals surface area contributed by atoms with Crippen LogP contribution in [0.4, 0.5) is 5.82 Å². The van der Waals surface area contributed by atoms with Gasteiger partial charge >= 0.3 is 5.69 Å². The molecular formula is C11H17N5O3. The summed E-state index contributed by atoms with van der Waals surface area (Å²) in [7, 11) is 2.85. The third-order valence-corrected chi connectivity index (χ3v) is 2.91. The molecule has 0 spiro atoms. The Morgan fingerprint density at radius 1 is 1.37 bits per heavy atom. The molecule has 0 radical (unpaired) electrons. The van der Waals surface area contributed by atoms with E-state index in [1.807, 2.05) is 0 Å². The van der Waals surface area contributed by atoms with E-state index in [0.29, 0.717) is 12.6 Å². The van der Waals surface area contributed by atoms with Crippen LogP contribution in [-0.2, 0) is 18.9 Å². The van der Waals surface area contributed by atoms with Crippen LogP contribution in [0, 0.1) is 0 Å². The summed E-state index contributed by atoms with van der Waals surface area (Å²) < 4.78 is 2.05. The Bertz CT molecular complexity index is 599. The van der Waals surface area contributed by atoms with Crippen LogP contribution >= 0.6 is 0 Å². The minimum Gasteiger partial charge on any atom is -0.364 e. The van der Waals surface area contributed by atoms with E-state index in [2.05, 4.69) is 15.7 Å². The molecule has 1 aromatic heterocycles. The van der Waals surface area contributed by atoms with Crippen LogP contribution in [-0.4, -0.2) is 32.8 Å². The van der Waals surface area contributed by atoms with Gasteiger partial charge in [-0.2, -0.15) is 0 Å². The molecule has 0 bridgehead atoms. The number of rotatable bonds is 5. The van der Waals surface area contributed by atoms with Gasteiger partial charge in [-0.25, -0.2) is 9.48 Å². The van der Waals surface area contributed by atoms with Gasteiger partial charge in [0.1, 0.15) is 0 Å². The second-order valence-corrected chi connectivity index (χ2v) is 4.64. The maximum atomic E-state index is 11.7. The summed E-state index contributed by atoms with van der Waals surface area (Å²) in [6.07, 6.45) is 2.36. The highest BCUT2D eigenvalue weighted by Crippen LogP contribution is 2.18. The fourth-order valence-corrected chi connectivity index (χ4v) is 1.63. The number of hydrogen-bond donors (Lipinski definition) is 2. The molecule has 0 atom stereocenters. The van der Waals surface area contributed by atoms with Gasteiger partial charge in [0.25, 0.3) is 5.56 Å². The molecule has 8 nitrogen and oxygen atoms in total. The average Bonchev–Trinajstić information content (AvgIpc) is 3.16. The van der Waals surface area contributed by atoms with Crippen LogP contribution in [0.3, 0.4) is 0 Å². The number of aromatic nitrogens is 3. The van der Waals surface area contributed by atoms with Crippen molar-refractivity contribution in [2.45, 2.75) is 25.3 Å². The number of nitrogens with zero attached hydrogens (tertiary/aromatic N) is 3. The Labute approximate surface area is 109 Å². The monoisotopic (exact) mass is 267 g/mol. The summed E-state index contributed by atoms with van der Waals surface area (Å²) in [6.45, 7) is 0.305. The number of carbonyl (C=O) groups is 1. The molecule has 1 fully saturated rings. The SMILES string of the molecule is Cn1nc(NCCC(=O)NC2CC2)c(=O)n(C)c1=O. The van der Waals surface area contributed by atoms with E-state index in [1.165, 1.54) is 14.1 Å². The Hall–Kier alpha value is -2.12. The lowest BCUT2D eigenvalue weighted by atomic mass is 10.4. The average molecular weight is 267 g/mol. The van der Waals surface area contributed by atoms with E-state index < -0.39 is 11.2 Å². The number of carbonyl (C=O) groups excluding carboxylic acids is 1. The third-order valence-electron chi connectivity index (χ3n) is 2.91. The van der Waals surface area contributed by atoms with Gasteiger partial charge in [0, 0.05) is 33.1 Å². The van der Waals surface area contributed by atoms with Crippen LogP contribution < -0.4 is 21.9 Å². The summed E-state index contributed by atoms with van der Waals surface area (Å²) in [6, 6.07) is 0.330. The standard InChI is InChI=1S/C11H17N5O3/c1-15-10(18)9(14-16(2)11(15)19)12-6-5-8(17)13-7-3-4-7/h7H,3-6H2,1-2H3,(H,12,14)(H,13,17). The molecule has 1 amide bonds. The molecule has 2 N–H and O–H groups in total. The van der Waals surface area contributed by atoms with Crippen molar-refractivity contribution in [3.8, 4) is 0 Å². The number of amides is 1. The Balaban J connectivity index is 1.94. The molecule has 104 valence electrons. The number of nitrogens with one attached hydrogen (secondary N) is 2. The van der Waals surface area contributed by atoms with E-state index in [9.17, 15) is 14.4 Å². The molecule has 0 aliphatic heterocycles. The van der Waals surface area contributed by atoms with E-state index in [4.69, 9.17) is 0 Å². The van der Waals surface area contributed by atoms with Gasteiger partial charge < -0.3 is 10.6 Å². The summed E-state index contributed by atoms with van der Waals surface area (Å²) in [5.41, 5.74) is -0.979. The molecule has 2 rings (SSSR count). The van der Waals surface area contributed by atoms with Gasteiger partial charge in [-0.3, -0.25) is 14.2 Å². The molecule has 1 aliphatic rings. The van der Waals surface area contributed by atoms with Gasteiger partial charge in [-0.05, 0) is 12.8 Å². The third kappa shape index (κ3) is 3.21.